The summed E-state index contributed by atoms with van der Waals surface area (Å²) < 4.78 is 10.5. The number of para-hydroxylation sites is 1. The van der Waals surface area contributed by atoms with Gasteiger partial charge in [-0.3, -0.25) is 0 Å². The lowest BCUT2D eigenvalue weighted by Gasteiger charge is -2.27. The molecule has 1 aliphatic heterocycles. The van der Waals surface area contributed by atoms with Crippen molar-refractivity contribution in [2.24, 2.45) is 0 Å². The topological polar surface area (TPSA) is 18.5 Å². The van der Waals surface area contributed by atoms with Crippen LogP contribution in [0, 0.1) is 0 Å². The van der Waals surface area contributed by atoms with Crippen LogP contribution in [-0.4, -0.2) is 19.3 Å². The van der Waals surface area contributed by atoms with E-state index in [0.29, 0.717) is 29.0 Å². The third-order valence-corrected chi connectivity index (χ3v) is 2.41. The van der Waals surface area contributed by atoms with Gasteiger partial charge in [-0.2, -0.15) is 0 Å². The molecule has 0 saturated carbocycles. The quantitative estimate of drug-likeness (QED) is 0.761. The van der Waals surface area contributed by atoms with E-state index in [-0.39, 0.29) is 6.10 Å². The number of ether oxygens (including phenoxy) is 2. The summed E-state index contributed by atoms with van der Waals surface area (Å²) in [6.07, 6.45) is 0.0948. The molecule has 0 bridgehead atoms. The zero-order chi connectivity index (χ0) is 9.26. The van der Waals surface area contributed by atoms with Crippen molar-refractivity contribution in [1.29, 1.82) is 0 Å². The monoisotopic (exact) mass is 218 g/mol. The van der Waals surface area contributed by atoms with Crippen molar-refractivity contribution in [3.63, 3.8) is 0 Å². The summed E-state index contributed by atoms with van der Waals surface area (Å²) in [5.74, 6) is 0.555. The number of rotatable bonds is 2. The summed E-state index contributed by atoms with van der Waals surface area (Å²) in [6, 6.07) is 5.29. The second kappa shape index (κ2) is 3.74. The van der Waals surface area contributed by atoms with E-state index in [0.717, 1.165) is 0 Å². The highest BCUT2D eigenvalue weighted by atomic mass is 35.5. The van der Waals surface area contributed by atoms with Gasteiger partial charge in [-0.25, -0.2) is 0 Å². The minimum atomic E-state index is 0.0948. The molecule has 1 aromatic rings. The molecule has 13 heavy (non-hydrogen) atoms. The van der Waals surface area contributed by atoms with Gasteiger partial charge >= 0.3 is 0 Å². The van der Waals surface area contributed by atoms with E-state index in [1.54, 1.807) is 18.2 Å². The van der Waals surface area contributed by atoms with E-state index in [1.807, 2.05) is 0 Å². The average molecular weight is 219 g/mol. The Morgan fingerprint density at radius 2 is 1.85 bits per heavy atom. The molecule has 0 atom stereocenters. The van der Waals surface area contributed by atoms with E-state index in [2.05, 4.69) is 0 Å². The highest BCUT2D eigenvalue weighted by Gasteiger charge is 2.22. The van der Waals surface area contributed by atoms with Crippen molar-refractivity contribution < 1.29 is 9.47 Å². The molecule has 1 aliphatic rings. The molecule has 0 aromatic heterocycles. The van der Waals surface area contributed by atoms with Gasteiger partial charge in [-0.1, -0.05) is 29.3 Å². The average Bonchev–Trinajstić information content (AvgIpc) is 2.00. The van der Waals surface area contributed by atoms with Gasteiger partial charge in [-0.15, -0.1) is 0 Å². The number of hydrogen-bond acceptors (Lipinski definition) is 2. The molecule has 0 radical (unpaired) electrons. The van der Waals surface area contributed by atoms with Crippen LogP contribution in [0.2, 0.25) is 10.0 Å². The Kier molecular flexibility index (Phi) is 2.63. The van der Waals surface area contributed by atoms with Crippen LogP contribution >= 0.6 is 23.2 Å². The van der Waals surface area contributed by atoms with Crippen molar-refractivity contribution >= 4 is 23.2 Å². The molecular weight excluding hydrogens is 211 g/mol. The van der Waals surface area contributed by atoms with Crippen LogP contribution in [0.1, 0.15) is 0 Å². The molecule has 0 aliphatic carbocycles. The van der Waals surface area contributed by atoms with E-state index in [9.17, 15) is 0 Å². The predicted molar refractivity (Wildman–Crippen MR) is 51.7 cm³/mol. The van der Waals surface area contributed by atoms with Crippen LogP contribution in [0.15, 0.2) is 18.2 Å². The normalized spacial score (nSPS) is 16.8. The highest BCUT2D eigenvalue weighted by Crippen LogP contribution is 2.33. The highest BCUT2D eigenvalue weighted by molar-refractivity contribution is 6.37. The van der Waals surface area contributed by atoms with Crippen molar-refractivity contribution in [3.8, 4) is 5.75 Å². The Morgan fingerprint density at radius 1 is 1.23 bits per heavy atom. The molecule has 0 amide bonds. The fourth-order valence-corrected chi connectivity index (χ4v) is 1.53. The van der Waals surface area contributed by atoms with Crippen LogP contribution in [-0.2, 0) is 4.74 Å². The lowest BCUT2D eigenvalue weighted by molar-refractivity contribution is -0.0796. The van der Waals surface area contributed by atoms with Gasteiger partial charge in [0.1, 0.15) is 6.10 Å². The summed E-state index contributed by atoms with van der Waals surface area (Å²) in [4.78, 5) is 0. The lowest BCUT2D eigenvalue weighted by atomic mass is 10.3. The third kappa shape index (κ3) is 1.90. The van der Waals surface area contributed by atoms with Crippen LogP contribution in [0.3, 0.4) is 0 Å². The Labute approximate surface area is 86.4 Å². The van der Waals surface area contributed by atoms with E-state index < -0.39 is 0 Å². The van der Waals surface area contributed by atoms with Crippen LogP contribution in [0.5, 0.6) is 5.75 Å². The van der Waals surface area contributed by atoms with Crippen molar-refractivity contribution in [1.82, 2.24) is 0 Å². The van der Waals surface area contributed by atoms with Crippen LogP contribution in [0.25, 0.3) is 0 Å². The molecule has 0 N–H and O–H groups in total. The third-order valence-electron chi connectivity index (χ3n) is 1.81. The Bertz CT molecular complexity index is 290. The van der Waals surface area contributed by atoms with Crippen LogP contribution in [0.4, 0.5) is 0 Å². The van der Waals surface area contributed by atoms with Gasteiger partial charge in [0.2, 0.25) is 0 Å². The van der Waals surface area contributed by atoms with Gasteiger partial charge in [0.05, 0.1) is 23.3 Å². The van der Waals surface area contributed by atoms with Crippen molar-refractivity contribution in [2.45, 2.75) is 6.10 Å². The maximum atomic E-state index is 5.90. The maximum absolute atomic E-state index is 5.90. The second-order valence-corrected chi connectivity index (χ2v) is 3.64. The van der Waals surface area contributed by atoms with Gasteiger partial charge < -0.3 is 9.47 Å². The molecule has 2 rings (SSSR count). The zero-order valence-corrected chi connectivity index (χ0v) is 8.31. The van der Waals surface area contributed by atoms with Gasteiger partial charge in [0, 0.05) is 0 Å². The summed E-state index contributed by atoms with van der Waals surface area (Å²) in [6.45, 7) is 1.23. The molecule has 0 spiro atoms. The molecule has 2 nitrogen and oxygen atoms in total. The first-order valence-corrected chi connectivity index (χ1v) is 4.71. The van der Waals surface area contributed by atoms with Gasteiger partial charge in [0.25, 0.3) is 0 Å². The van der Waals surface area contributed by atoms with E-state index in [1.165, 1.54) is 0 Å². The van der Waals surface area contributed by atoms with Crippen LogP contribution < -0.4 is 4.74 Å². The standard InChI is InChI=1S/C9H8Cl2O2/c10-7-2-1-3-8(11)9(7)13-6-4-12-5-6/h1-3,6H,4-5H2. The lowest BCUT2D eigenvalue weighted by Crippen LogP contribution is -2.38. The van der Waals surface area contributed by atoms with Gasteiger partial charge in [0.15, 0.2) is 5.75 Å². The first-order chi connectivity index (χ1) is 6.27. The molecule has 1 fully saturated rings. The van der Waals surface area contributed by atoms with Crippen molar-refractivity contribution in [3.05, 3.63) is 28.2 Å². The fraction of sp³-hybridized carbons (Fsp3) is 0.333. The predicted octanol–water partition coefficient (Wildman–Crippen LogP) is 2.77. The molecule has 70 valence electrons. The van der Waals surface area contributed by atoms with E-state index >= 15 is 0 Å². The molecule has 0 unspecified atom stereocenters. The van der Waals surface area contributed by atoms with E-state index in [4.69, 9.17) is 32.7 Å². The Balaban J connectivity index is 2.17. The largest absolute Gasteiger partial charge is 0.482 e. The number of halogens is 2. The molecule has 1 heterocycles. The van der Waals surface area contributed by atoms with Crippen molar-refractivity contribution in [2.75, 3.05) is 13.2 Å². The number of hydrogen-bond donors (Lipinski definition) is 0. The zero-order valence-electron chi connectivity index (χ0n) is 6.80. The molecule has 1 aromatic carbocycles. The first kappa shape index (κ1) is 9.13. The Hall–Kier alpha value is -0.440. The molecule has 4 heteroatoms. The summed E-state index contributed by atoms with van der Waals surface area (Å²) in [5.41, 5.74) is 0. The second-order valence-electron chi connectivity index (χ2n) is 2.83. The fourth-order valence-electron chi connectivity index (χ4n) is 1.04. The molecular formula is C9H8Cl2O2. The SMILES string of the molecule is Clc1cccc(Cl)c1OC1COC1. The maximum Gasteiger partial charge on any atom is 0.157 e. The van der Waals surface area contributed by atoms with Gasteiger partial charge in [-0.05, 0) is 12.1 Å². The smallest absolute Gasteiger partial charge is 0.157 e. The minimum Gasteiger partial charge on any atom is -0.482 e. The minimum absolute atomic E-state index is 0.0948. The first-order valence-electron chi connectivity index (χ1n) is 3.96. The number of benzene rings is 1. The Morgan fingerprint density at radius 3 is 2.31 bits per heavy atom. The summed E-state index contributed by atoms with van der Waals surface area (Å²) in [5, 5.41) is 1.08. The molecule has 1 saturated heterocycles. The summed E-state index contributed by atoms with van der Waals surface area (Å²) in [7, 11) is 0. The summed E-state index contributed by atoms with van der Waals surface area (Å²) >= 11 is 11.8.